The average Bonchev–Trinajstić information content (AvgIpc) is 2.62. The zero-order valence-corrected chi connectivity index (χ0v) is 15.9. The van der Waals surface area contributed by atoms with Crippen LogP contribution in [0.25, 0.3) is 0 Å². The Bertz CT molecular complexity index is 628. The molecule has 0 fully saturated rings. The van der Waals surface area contributed by atoms with Gasteiger partial charge in [0.05, 0.1) is 0 Å². The largest absolute Gasteiger partial charge is 0.481 e. The third-order valence-electron chi connectivity index (χ3n) is 4.29. The van der Waals surface area contributed by atoms with Gasteiger partial charge in [0, 0.05) is 16.3 Å². The van der Waals surface area contributed by atoms with Crippen LogP contribution in [0.4, 0.5) is 0 Å². The number of hydrogen-bond acceptors (Lipinski definition) is 2. The molecule has 2 nitrogen and oxygen atoms in total. The third kappa shape index (κ3) is 8.46. The number of thioether (sulfide) groups is 1. The van der Waals surface area contributed by atoms with E-state index in [4.69, 9.17) is 16.7 Å². The van der Waals surface area contributed by atoms with E-state index in [1.165, 1.54) is 10.5 Å². The normalized spacial score (nSPS) is 12.0. The van der Waals surface area contributed by atoms with Crippen molar-refractivity contribution in [3.63, 3.8) is 0 Å². The summed E-state index contributed by atoms with van der Waals surface area (Å²) in [5, 5.41) is 9.74. The number of hydrogen-bond donors (Lipinski definition) is 1. The number of rotatable bonds is 11. The minimum Gasteiger partial charge on any atom is -0.481 e. The van der Waals surface area contributed by atoms with Crippen LogP contribution in [0.3, 0.4) is 0 Å². The van der Waals surface area contributed by atoms with Crippen molar-refractivity contribution in [2.24, 2.45) is 5.92 Å². The molecule has 2 rings (SSSR count). The lowest BCUT2D eigenvalue weighted by atomic mass is 9.91. The number of carboxylic acid groups (broad SMARTS) is 1. The number of aryl methyl sites for hydroxylation is 1. The van der Waals surface area contributed by atoms with E-state index in [0.717, 1.165) is 42.9 Å². The second-order valence-electron chi connectivity index (χ2n) is 6.27. The lowest BCUT2D eigenvalue weighted by molar-refractivity contribution is -0.137. The first-order chi connectivity index (χ1) is 12.1. The third-order valence-corrected chi connectivity index (χ3v) is 5.64. The van der Waals surface area contributed by atoms with Gasteiger partial charge >= 0.3 is 5.97 Å². The van der Waals surface area contributed by atoms with Gasteiger partial charge in [-0.05, 0) is 73.6 Å². The Labute approximate surface area is 159 Å². The molecule has 1 N–H and O–H groups in total. The van der Waals surface area contributed by atoms with Crippen molar-refractivity contribution in [3.05, 3.63) is 65.2 Å². The van der Waals surface area contributed by atoms with E-state index in [1.807, 2.05) is 42.1 Å². The SMILES string of the molecule is O=C(O)CCC(CCCSc1ccc(Cl)cc1)CCc1ccccc1. The molecule has 0 heterocycles. The minimum atomic E-state index is -0.694. The molecule has 0 saturated heterocycles. The summed E-state index contributed by atoms with van der Waals surface area (Å²) in [7, 11) is 0. The summed E-state index contributed by atoms with van der Waals surface area (Å²) in [5.74, 6) is 0.832. The first kappa shape index (κ1) is 19.9. The molecule has 0 radical (unpaired) electrons. The van der Waals surface area contributed by atoms with Crippen LogP contribution in [0.15, 0.2) is 59.5 Å². The molecule has 0 amide bonds. The minimum absolute atomic E-state index is 0.268. The number of benzene rings is 2. The lowest BCUT2D eigenvalue weighted by Crippen LogP contribution is -2.07. The van der Waals surface area contributed by atoms with Crippen molar-refractivity contribution in [1.29, 1.82) is 0 Å². The van der Waals surface area contributed by atoms with Gasteiger partial charge in [-0.25, -0.2) is 0 Å². The van der Waals surface area contributed by atoms with Gasteiger partial charge in [-0.2, -0.15) is 0 Å². The van der Waals surface area contributed by atoms with Crippen molar-refractivity contribution < 1.29 is 9.90 Å². The second kappa shape index (κ2) is 11.2. The molecule has 0 aliphatic heterocycles. The van der Waals surface area contributed by atoms with Crippen molar-refractivity contribution in [1.82, 2.24) is 0 Å². The number of carbonyl (C=O) groups is 1. The average molecular weight is 377 g/mol. The summed E-state index contributed by atoms with van der Waals surface area (Å²) in [6, 6.07) is 18.4. The van der Waals surface area contributed by atoms with Crippen LogP contribution >= 0.6 is 23.4 Å². The first-order valence-corrected chi connectivity index (χ1v) is 10.1. The number of halogens is 1. The van der Waals surface area contributed by atoms with Crippen molar-refractivity contribution in [2.75, 3.05) is 5.75 Å². The molecular weight excluding hydrogens is 352 g/mol. The van der Waals surface area contributed by atoms with E-state index >= 15 is 0 Å². The lowest BCUT2D eigenvalue weighted by Gasteiger charge is -2.16. The highest BCUT2D eigenvalue weighted by Gasteiger charge is 2.11. The van der Waals surface area contributed by atoms with E-state index < -0.39 is 5.97 Å². The molecule has 1 unspecified atom stereocenters. The van der Waals surface area contributed by atoms with E-state index in [0.29, 0.717) is 5.92 Å². The maximum absolute atomic E-state index is 10.9. The molecule has 1 atom stereocenters. The molecule has 25 heavy (non-hydrogen) atoms. The van der Waals surface area contributed by atoms with Crippen LogP contribution in [0.2, 0.25) is 5.02 Å². The molecule has 2 aromatic rings. The van der Waals surface area contributed by atoms with Crippen LogP contribution in [0, 0.1) is 5.92 Å². The van der Waals surface area contributed by atoms with Crippen LogP contribution in [-0.4, -0.2) is 16.8 Å². The fourth-order valence-electron chi connectivity index (χ4n) is 2.87. The molecule has 0 aliphatic rings. The number of aliphatic carboxylic acids is 1. The standard InChI is InChI=1S/C21H25ClO2S/c22-19-11-13-20(14-12-19)25-16-4-7-18(10-15-21(23)24)9-8-17-5-2-1-3-6-17/h1-3,5-6,11-14,18H,4,7-10,15-16H2,(H,23,24). The molecule has 0 spiro atoms. The maximum Gasteiger partial charge on any atom is 0.303 e. The smallest absolute Gasteiger partial charge is 0.303 e. The Kier molecular flexibility index (Phi) is 8.92. The highest BCUT2D eigenvalue weighted by molar-refractivity contribution is 7.99. The first-order valence-electron chi connectivity index (χ1n) is 8.77. The predicted molar refractivity (Wildman–Crippen MR) is 107 cm³/mol. The summed E-state index contributed by atoms with van der Waals surface area (Å²) in [6.07, 6.45) is 5.31. The summed E-state index contributed by atoms with van der Waals surface area (Å²) in [5.41, 5.74) is 1.33. The fourth-order valence-corrected chi connectivity index (χ4v) is 3.87. The van der Waals surface area contributed by atoms with E-state index in [2.05, 4.69) is 24.3 Å². The quantitative estimate of drug-likeness (QED) is 0.368. The fraction of sp³-hybridized carbons (Fsp3) is 0.381. The molecule has 0 saturated carbocycles. The summed E-state index contributed by atoms with van der Waals surface area (Å²) in [4.78, 5) is 12.1. The van der Waals surface area contributed by atoms with Crippen LogP contribution < -0.4 is 0 Å². The van der Waals surface area contributed by atoms with Gasteiger partial charge in [-0.1, -0.05) is 41.9 Å². The van der Waals surface area contributed by atoms with E-state index in [9.17, 15) is 4.79 Å². The Balaban J connectivity index is 1.74. The van der Waals surface area contributed by atoms with Gasteiger partial charge in [0.1, 0.15) is 0 Å². The number of carboxylic acids is 1. The predicted octanol–water partition coefficient (Wildman–Crippen LogP) is 6.33. The summed E-state index contributed by atoms with van der Waals surface area (Å²) >= 11 is 7.74. The van der Waals surface area contributed by atoms with Crippen molar-refractivity contribution in [3.8, 4) is 0 Å². The highest BCUT2D eigenvalue weighted by atomic mass is 35.5. The van der Waals surface area contributed by atoms with Gasteiger partial charge in [0.15, 0.2) is 0 Å². The van der Waals surface area contributed by atoms with Crippen molar-refractivity contribution in [2.45, 2.75) is 43.4 Å². The van der Waals surface area contributed by atoms with Crippen LogP contribution in [0.5, 0.6) is 0 Å². The highest BCUT2D eigenvalue weighted by Crippen LogP contribution is 2.25. The monoisotopic (exact) mass is 376 g/mol. The van der Waals surface area contributed by atoms with Crippen LogP contribution in [-0.2, 0) is 11.2 Å². The van der Waals surface area contributed by atoms with Crippen LogP contribution in [0.1, 0.15) is 37.7 Å². The summed E-state index contributed by atoms with van der Waals surface area (Å²) < 4.78 is 0. The molecule has 0 aromatic heterocycles. The molecule has 4 heteroatoms. The zero-order chi connectivity index (χ0) is 17.9. The molecular formula is C21H25ClO2S. The van der Waals surface area contributed by atoms with Gasteiger partial charge in [0.25, 0.3) is 0 Å². The van der Waals surface area contributed by atoms with Gasteiger partial charge < -0.3 is 5.11 Å². The van der Waals surface area contributed by atoms with Crippen molar-refractivity contribution >= 4 is 29.3 Å². The van der Waals surface area contributed by atoms with Gasteiger partial charge in [-0.15, -0.1) is 11.8 Å². The molecule has 0 bridgehead atoms. The van der Waals surface area contributed by atoms with E-state index in [-0.39, 0.29) is 6.42 Å². The zero-order valence-electron chi connectivity index (χ0n) is 14.4. The summed E-state index contributed by atoms with van der Waals surface area (Å²) in [6.45, 7) is 0. The Morgan fingerprint density at radius 2 is 1.72 bits per heavy atom. The van der Waals surface area contributed by atoms with Gasteiger partial charge in [-0.3, -0.25) is 4.79 Å². The second-order valence-corrected chi connectivity index (χ2v) is 7.87. The Morgan fingerprint density at radius 3 is 2.40 bits per heavy atom. The molecule has 2 aromatic carbocycles. The van der Waals surface area contributed by atoms with E-state index in [1.54, 1.807) is 0 Å². The van der Waals surface area contributed by atoms with Gasteiger partial charge in [0.2, 0.25) is 0 Å². The molecule has 134 valence electrons. The maximum atomic E-state index is 10.9. The Morgan fingerprint density at radius 1 is 1.00 bits per heavy atom. The Hall–Kier alpha value is -1.45. The molecule has 0 aliphatic carbocycles. The topological polar surface area (TPSA) is 37.3 Å².